The molecule has 1 aliphatic carbocycles. The Morgan fingerprint density at radius 1 is 1.56 bits per heavy atom. The van der Waals surface area contributed by atoms with E-state index < -0.39 is 0 Å². The molecule has 1 atom stereocenters. The van der Waals surface area contributed by atoms with Crippen LogP contribution >= 0.6 is 0 Å². The van der Waals surface area contributed by atoms with Gasteiger partial charge >= 0.3 is 0 Å². The highest BCUT2D eigenvalue weighted by Gasteiger charge is 2.51. The van der Waals surface area contributed by atoms with E-state index in [0.717, 1.165) is 6.42 Å². The standard InChI is InChI=1S/C8H15O/c1-7(2,3)8(6-9)4-5-8/h4,9H,5-6H2,1-3H3. The number of aliphatic hydroxyl groups excluding tert-OH is 1. The van der Waals surface area contributed by atoms with Crippen LogP contribution in [0.3, 0.4) is 0 Å². The van der Waals surface area contributed by atoms with Gasteiger partial charge in [-0.05, 0) is 18.3 Å². The van der Waals surface area contributed by atoms with E-state index >= 15 is 0 Å². The number of hydrogen-bond acceptors (Lipinski definition) is 1. The average Bonchev–Trinajstić information content (AvgIpc) is 2.40. The second kappa shape index (κ2) is 1.72. The largest absolute Gasteiger partial charge is 0.396 e. The van der Waals surface area contributed by atoms with E-state index in [1.54, 1.807) is 0 Å². The van der Waals surface area contributed by atoms with E-state index in [1.165, 1.54) is 0 Å². The van der Waals surface area contributed by atoms with Crippen molar-refractivity contribution in [3.05, 3.63) is 6.42 Å². The molecule has 0 heterocycles. The van der Waals surface area contributed by atoms with Gasteiger partial charge in [-0.3, -0.25) is 0 Å². The summed E-state index contributed by atoms with van der Waals surface area (Å²) >= 11 is 0. The first-order valence-electron chi connectivity index (χ1n) is 3.47. The van der Waals surface area contributed by atoms with Crippen LogP contribution in [-0.2, 0) is 0 Å². The molecule has 1 aliphatic rings. The smallest absolute Gasteiger partial charge is 0.0495 e. The molecule has 0 amide bonds. The van der Waals surface area contributed by atoms with Crippen LogP contribution in [0.4, 0.5) is 0 Å². The Morgan fingerprint density at radius 3 is 2.00 bits per heavy atom. The van der Waals surface area contributed by atoms with Crippen LogP contribution in [0.15, 0.2) is 0 Å². The fourth-order valence-electron chi connectivity index (χ4n) is 1.10. The van der Waals surface area contributed by atoms with Gasteiger partial charge in [0.25, 0.3) is 0 Å². The van der Waals surface area contributed by atoms with E-state index in [-0.39, 0.29) is 10.8 Å². The summed E-state index contributed by atoms with van der Waals surface area (Å²) in [5.41, 5.74) is 0.411. The molecule has 1 saturated carbocycles. The Balaban J connectivity index is 2.60. The van der Waals surface area contributed by atoms with Crippen LogP contribution in [0.5, 0.6) is 0 Å². The third-order valence-electron chi connectivity index (χ3n) is 2.47. The average molecular weight is 127 g/mol. The predicted octanol–water partition coefficient (Wildman–Crippen LogP) is 1.62. The molecule has 0 saturated heterocycles. The van der Waals surface area contributed by atoms with Crippen molar-refractivity contribution >= 4 is 0 Å². The highest BCUT2D eigenvalue weighted by atomic mass is 16.3. The fraction of sp³-hybridized carbons (Fsp3) is 0.875. The number of aliphatic hydroxyl groups is 1. The molecule has 0 aromatic carbocycles. The molecule has 1 fully saturated rings. The molecule has 0 aromatic heterocycles. The maximum absolute atomic E-state index is 8.96. The maximum atomic E-state index is 8.96. The first-order valence-corrected chi connectivity index (χ1v) is 3.47. The Bertz CT molecular complexity index is 106. The lowest BCUT2D eigenvalue weighted by atomic mass is 9.78. The summed E-state index contributed by atoms with van der Waals surface area (Å²) in [5, 5.41) is 8.96. The van der Waals surface area contributed by atoms with Crippen molar-refractivity contribution in [1.29, 1.82) is 0 Å². The second-order valence-corrected chi connectivity index (χ2v) is 3.97. The van der Waals surface area contributed by atoms with Gasteiger partial charge in [0.2, 0.25) is 0 Å². The predicted molar refractivity (Wildman–Crippen MR) is 37.9 cm³/mol. The summed E-state index contributed by atoms with van der Waals surface area (Å²) in [7, 11) is 0. The molecule has 1 heteroatoms. The van der Waals surface area contributed by atoms with Crippen LogP contribution in [0.2, 0.25) is 0 Å². The van der Waals surface area contributed by atoms with Crippen molar-refractivity contribution in [2.45, 2.75) is 27.2 Å². The van der Waals surface area contributed by atoms with Gasteiger partial charge in [0.15, 0.2) is 0 Å². The molecule has 53 valence electrons. The molecule has 0 aromatic rings. The Morgan fingerprint density at radius 2 is 2.00 bits per heavy atom. The van der Waals surface area contributed by atoms with E-state index in [0.29, 0.717) is 6.61 Å². The summed E-state index contributed by atoms with van der Waals surface area (Å²) in [4.78, 5) is 0. The van der Waals surface area contributed by atoms with E-state index in [2.05, 4.69) is 27.2 Å². The van der Waals surface area contributed by atoms with Crippen LogP contribution in [0, 0.1) is 17.3 Å². The second-order valence-electron chi connectivity index (χ2n) is 3.97. The Kier molecular flexibility index (Phi) is 1.35. The van der Waals surface area contributed by atoms with Gasteiger partial charge in [0.1, 0.15) is 0 Å². The summed E-state index contributed by atoms with van der Waals surface area (Å²) in [6.45, 7) is 6.84. The monoisotopic (exact) mass is 127 g/mol. The SMILES string of the molecule is CC(C)(C)C1(CO)[CH]C1. The van der Waals surface area contributed by atoms with Crippen molar-refractivity contribution in [2.75, 3.05) is 6.61 Å². The Hall–Kier alpha value is -0.0400. The van der Waals surface area contributed by atoms with Crippen LogP contribution < -0.4 is 0 Å². The highest BCUT2D eigenvalue weighted by Crippen LogP contribution is 2.56. The summed E-state index contributed by atoms with van der Waals surface area (Å²) in [6.07, 6.45) is 3.29. The van der Waals surface area contributed by atoms with E-state index in [9.17, 15) is 0 Å². The molecule has 0 aliphatic heterocycles. The first-order chi connectivity index (χ1) is 4.02. The van der Waals surface area contributed by atoms with Gasteiger partial charge in [0, 0.05) is 12.0 Å². The molecular formula is C8H15O. The minimum absolute atomic E-state index is 0.160. The normalized spacial score (nSPS) is 24.0. The zero-order chi connectivity index (χ0) is 7.12. The lowest BCUT2D eigenvalue weighted by Crippen LogP contribution is -2.25. The quantitative estimate of drug-likeness (QED) is 0.567. The van der Waals surface area contributed by atoms with Gasteiger partial charge in [-0.25, -0.2) is 0 Å². The van der Waals surface area contributed by atoms with Gasteiger partial charge in [-0.2, -0.15) is 0 Å². The highest BCUT2D eigenvalue weighted by molar-refractivity contribution is 5.15. The molecular weight excluding hydrogens is 112 g/mol. The minimum atomic E-state index is 0.160. The first kappa shape index (κ1) is 7.07. The summed E-state index contributed by atoms with van der Waals surface area (Å²) in [6, 6.07) is 0. The molecule has 1 N–H and O–H groups in total. The van der Waals surface area contributed by atoms with Crippen molar-refractivity contribution in [3.8, 4) is 0 Å². The van der Waals surface area contributed by atoms with E-state index in [1.807, 2.05) is 0 Å². The maximum Gasteiger partial charge on any atom is 0.0495 e. The zero-order valence-corrected chi connectivity index (χ0v) is 6.44. The molecule has 9 heavy (non-hydrogen) atoms. The third-order valence-corrected chi connectivity index (χ3v) is 2.47. The molecule has 1 radical (unpaired) electrons. The Labute approximate surface area is 57.1 Å². The molecule has 0 spiro atoms. The van der Waals surface area contributed by atoms with Crippen molar-refractivity contribution in [2.24, 2.45) is 10.8 Å². The number of hydrogen-bond donors (Lipinski definition) is 1. The fourth-order valence-corrected chi connectivity index (χ4v) is 1.10. The van der Waals surface area contributed by atoms with Crippen LogP contribution in [0.25, 0.3) is 0 Å². The molecule has 1 nitrogen and oxygen atoms in total. The van der Waals surface area contributed by atoms with Crippen molar-refractivity contribution in [3.63, 3.8) is 0 Å². The summed E-state index contributed by atoms with van der Waals surface area (Å²) in [5.74, 6) is 0. The zero-order valence-electron chi connectivity index (χ0n) is 6.44. The topological polar surface area (TPSA) is 20.2 Å². The van der Waals surface area contributed by atoms with Crippen LogP contribution in [0.1, 0.15) is 27.2 Å². The van der Waals surface area contributed by atoms with Crippen LogP contribution in [-0.4, -0.2) is 11.7 Å². The van der Waals surface area contributed by atoms with Crippen molar-refractivity contribution < 1.29 is 5.11 Å². The molecule has 0 bridgehead atoms. The minimum Gasteiger partial charge on any atom is -0.396 e. The van der Waals surface area contributed by atoms with E-state index in [4.69, 9.17) is 5.11 Å². The number of rotatable bonds is 1. The van der Waals surface area contributed by atoms with Gasteiger partial charge < -0.3 is 5.11 Å². The molecule has 1 rings (SSSR count). The van der Waals surface area contributed by atoms with Gasteiger partial charge in [-0.1, -0.05) is 20.8 Å². The molecule has 1 unspecified atom stereocenters. The summed E-state index contributed by atoms with van der Waals surface area (Å²) < 4.78 is 0. The van der Waals surface area contributed by atoms with Gasteiger partial charge in [0.05, 0.1) is 0 Å². The van der Waals surface area contributed by atoms with Gasteiger partial charge in [-0.15, -0.1) is 0 Å². The van der Waals surface area contributed by atoms with Crippen molar-refractivity contribution in [1.82, 2.24) is 0 Å². The lowest BCUT2D eigenvalue weighted by Gasteiger charge is -2.28. The third kappa shape index (κ3) is 0.983. The lowest BCUT2D eigenvalue weighted by molar-refractivity contribution is 0.120.